The van der Waals surface area contributed by atoms with Crippen LogP contribution in [0.1, 0.15) is 77.4 Å². The van der Waals surface area contributed by atoms with E-state index in [4.69, 9.17) is 10.7 Å². The maximum atomic E-state index is 14.2. The number of alkyl halides is 3. The number of amides is 2. The van der Waals surface area contributed by atoms with Crippen LogP contribution in [0.5, 0.6) is 0 Å². The number of piperidine rings is 1. The molecular formula is C39H47F3N8O2. The van der Waals surface area contributed by atoms with Crippen LogP contribution in [-0.2, 0) is 4.79 Å². The van der Waals surface area contributed by atoms with E-state index in [0.29, 0.717) is 31.7 Å². The molecule has 3 aromatic heterocycles. The van der Waals surface area contributed by atoms with Crippen molar-refractivity contribution < 1.29 is 22.8 Å². The van der Waals surface area contributed by atoms with Gasteiger partial charge in [-0.15, -0.1) is 0 Å². The van der Waals surface area contributed by atoms with Gasteiger partial charge in [-0.2, -0.15) is 13.2 Å². The first-order chi connectivity index (χ1) is 24.9. The number of nitrogens with one attached hydrogen (secondary N) is 2. The molecule has 3 aliphatic heterocycles. The van der Waals surface area contributed by atoms with E-state index in [1.165, 1.54) is 4.90 Å². The highest BCUT2D eigenvalue weighted by atomic mass is 19.4. The van der Waals surface area contributed by atoms with E-state index >= 15 is 0 Å². The first-order valence-electron chi connectivity index (χ1n) is 18.2. The summed E-state index contributed by atoms with van der Waals surface area (Å²) in [5.41, 5.74) is 12.8. The average Bonchev–Trinajstić information content (AvgIpc) is 3.54. The summed E-state index contributed by atoms with van der Waals surface area (Å²) in [6.45, 7) is 8.37. The van der Waals surface area contributed by atoms with Gasteiger partial charge < -0.3 is 25.7 Å². The molecule has 2 unspecified atom stereocenters. The predicted molar refractivity (Wildman–Crippen MR) is 195 cm³/mol. The van der Waals surface area contributed by atoms with Gasteiger partial charge in [0.2, 0.25) is 5.91 Å². The second-order valence-electron chi connectivity index (χ2n) is 14.5. The standard InChI is InChI=1S/C39H47F3N8O2/c1-24-32(37(51)45-22-33-31-7-5-4-6-29(31)25(2)46-38(33)52)20-34-30(27-8-9-35(44-21-27)49-13-10-28(43)11-14-49)12-15-50(34)36(24)26(3)48-18-16-47(17-19-48)23-39(40,41)42/h4-9,12,15,20-21,25-26,28,33H,10-11,13-14,16-19,22-23,43H2,1-3H3,(H,45,51)(H,46,52)/t25?,26-,33?/m0/s1. The summed E-state index contributed by atoms with van der Waals surface area (Å²) < 4.78 is 41.5. The highest BCUT2D eigenvalue weighted by molar-refractivity contribution is 5.99. The predicted octanol–water partition coefficient (Wildman–Crippen LogP) is 5.18. The Kier molecular flexibility index (Phi) is 10.0. The summed E-state index contributed by atoms with van der Waals surface area (Å²) in [5.74, 6) is -0.0567. The van der Waals surface area contributed by atoms with E-state index in [1.54, 1.807) is 0 Å². The number of hydrogen-bond donors (Lipinski definition) is 3. The Morgan fingerprint density at radius 2 is 1.75 bits per heavy atom. The number of benzene rings is 1. The number of nitrogens with zero attached hydrogens (tertiary/aromatic N) is 5. The SMILES string of the molecule is Cc1c(C(=O)NCC2C(=O)NC(C)c3ccccc32)cc2c(-c3ccc(N4CCC(N)CC4)nc3)ccn2c1[C@H](C)N1CCN(CC(F)(F)F)CC1. The molecule has 0 saturated carbocycles. The Balaban J connectivity index is 1.21. The number of aromatic nitrogens is 2. The summed E-state index contributed by atoms with van der Waals surface area (Å²) in [6, 6.07) is 15.7. The third-order valence-electron chi connectivity index (χ3n) is 11.2. The van der Waals surface area contributed by atoms with Crippen molar-refractivity contribution in [2.24, 2.45) is 5.73 Å². The van der Waals surface area contributed by atoms with Gasteiger partial charge in [0.25, 0.3) is 5.91 Å². The van der Waals surface area contributed by atoms with Crippen LogP contribution in [-0.4, -0.2) is 95.6 Å². The van der Waals surface area contributed by atoms with Gasteiger partial charge in [0.15, 0.2) is 0 Å². The van der Waals surface area contributed by atoms with Crippen LogP contribution in [0, 0.1) is 6.92 Å². The van der Waals surface area contributed by atoms with Crippen LogP contribution < -0.4 is 21.3 Å². The van der Waals surface area contributed by atoms with Gasteiger partial charge in [-0.25, -0.2) is 4.98 Å². The molecular weight excluding hydrogens is 669 g/mol. The van der Waals surface area contributed by atoms with Gasteiger partial charge in [0.1, 0.15) is 5.82 Å². The second-order valence-corrected chi connectivity index (χ2v) is 14.5. The highest BCUT2D eigenvalue weighted by Gasteiger charge is 2.35. The van der Waals surface area contributed by atoms with Crippen molar-refractivity contribution >= 4 is 23.1 Å². The largest absolute Gasteiger partial charge is 0.401 e. The Morgan fingerprint density at radius 1 is 1.04 bits per heavy atom. The molecule has 4 N–H and O–H groups in total. The lowest BCUT2D eigenvalue weighted by Gasteiger charge is -2.39. The summed E-state index contributed by atoms with van der Waals surface area (Å²) in [4.78, 5) is 38.0. The van der Waals surface area contributed by atoms with Crippen molar-refractivity contribution in [3.8, 4) is 11.1 Å². The molecule has 276 valence electrons. The molecule has 2 amide bonds. The lowest BCUT2D eigenvalue weighted by molar-refractivity contribution is -0.149. The first-order valence-corrected chi connectivity index (χ1v) is 18.2. The van der Waals surface area contributed by atoms with Gasteiger partial charge in [-0.3, -0.25) is 19.4 Å². The lowest BCUT2D eigenvalue weighted by Crippen LogP contribution is -2.50. The number of hydrogen-bond acceptors (Lipinski definition) is 7. The zero-order chi connectivity index (χ0) is 36.7. The molecule has 52 heavy (non-hydrogen) atoms. The lowest BCUT2D eigenvalue weighted by atomic mass is 9.86. The van der Waals surface area contributed by atoms with Crippen LogP contribution in [0.4, 0.5) is 19.0 Å². The Morgan fingerprint density at radius 3 is 2.42 bits per heavy atom. The topological polar surface area (TPSA) is 111 Å². The smallest absolute Gasteiger partial charge is 0.357 e. The van der Waals surface area contributed by atoms with Gasteiger partial charge >= 0.3 is 6.18 Å². The molecule has 3 aliphatic rings. The minimum absolute atomic E-state index is 0.117. The second kappa shape index (κ2) is 14.5. The van der Waals surface area contributed by atoms with E-state index < -0.39 is 18.6 Å². The summed E-state index contributed by atoms with van der Waals surface area (Å²) in [7, 11) is 0. The zero-order valence-electron chi connectivity index (χ0n) is 29.9. The normalized spacial score (nSPS) is 21.2. The van der Waals surface area contributed by atoms with Crippen LogP contribution in [0.25, 0.3) is 16.6 Å². The van der Waals surface area contributed by atoms with Crippen molar-refractivity contribution in [2.45, 2.75) is 63.8 Å². The monoisotopic (exact) mass is 716 g/mol. The molecule has 0 aliphatic carbocycles. The number of carbonyl (C=O) groups excluding carboxylic acids is 2. The van der Waals surface area contributed by atoms with E-state index in [9.17, 15) is 22.8 Å². The van der Waals surface area contributed by atoms with E-state index in [1.807, 2.05) is 75.6 Å². The number of nitrogens with two attached hydrogens (primary N) is 1. The van der Waals surface area contributed by atoms with Gasteiger partial charge in [0.05, 0.1) is 24.0 Å². The summed E-state index contributed by atoms with van der Waals surface area (Å²) in [5, 5.41) is 6.10. The number of pyridine rings is 2. The Bertz CT molecular complexity index is 1930. The quantitative estimate of drug-likeness (QED) is 0.231. The fourth-order valence-corrected chi connectivity index (χ4v) is 8.20. The van der Waals surface area contributed by atoms with Crippen molar-refractivity contribution in [3.63, 3.8) is 0 Å². The first kappa shape index (κ1) is 35.9. The highest BCUT2D eigenvalue weighted by Crippen LogP contribution is 2.35. The number of carbonyl (C=O) groups is 2. The molecule has 0 spiro atoms. The number of anilines is 1. The van der Waals surface area contributed by atoms with Crippen molar-refractivity contribution in [2.75, 3.05) is 57.3 Å². The molecule has 4 aromatic rings. The summed E-state index contributed by atoms with van der Waals surface area (Å²) in [6.07, 6.45) is 1.46. The fourth-order valence-electron chi connectivity index (χ4n) is 8.20. The molecule has 0 radical (unpaired) electrons. The number of halogens is 3. The number of rotatable bonds is 8. The molecule has 13 heteroatoms. The average molecular weight is 717 g/mol. The molecule has 2 saturated heterocycles. The molecule has 3 atom stereocenters. The minimum Gasteiger partial charge on any atom is -0.357 e. The molecule has 1 aromatic carbocycles. The molecule has 0 bridgehead atoms. The van der Waals surface area contributed by atoms with E-state index in [0.717, 1.165) is 70.8 Å². The van der Waals surface area contributed by atoms with Gasteiger partial charge in [0, 0.05) is 92.7 Å². The van der Waals surface area contributed by atoms with Crippen molar-refractivity contribution in [1.82, 2.24) is 29.8 Å². The van der Waals surface area contributed by atoms with Crippen LogP contribution in [0.15, 0.2) is 60.9 Å². The van der Waals surface area contributed by atoms with E-state index in [-0.39, 0.29) is 36.5 Å². The molecule has 10 nitrogen and oxygen atoms in total. The third-order valence-corrected chi connectivity index (χ3v) is 11.2. The Hall–Kier alpha value is -4.46. The van der Waals surface area contributed by atoms with Crippen molar-refractivity contribution in [1.29, 1.82) is 0 Å². The zero-order valence-corrected chi connectivity index (χ0v) is 29.9. The molecule has 2 fully saturated rings. The van der Waals surface area contributed by atoms with E-state index in [2.05, 4.69) is 30.9 Å². The maximum Gasteiger partial charge on any atom is 0.401 e. The Labute approximate surface area is 302 Å². The van der Waals surface area contributed by atoms with Crippen LogP contribution in [0.2, 0.25) is 0 Å². The number of fused-ring (bicyclic) bond motifs is 2. The fraction of sp³-hybridized carbons (Fsp3) is 0.462. The molecule has 6 heterocycles. The summed E-state index contributed by atoms with van der Waals surface area (Å²) >= 11 is 0. The van der Waals surface area contributed by atoms with Gasteiger partial charge in [-0.05, 0) is 74.6 Å². The number of piperazine rings is 1. The van der Waals surface area contributed by atoms with Crippen LogP contribution >= 0.6 is 0 Å². The van der Waals surface area contributed by atoms with Crippen LogP contribution in [0.3, 0.4) is 0 Å². The third kappa shape index (κ3) is 7.26. The van der Waals surface area contributed by atoms with Crippen molar-refractivity contribution in [3.05, 3.63) is 88.9 Å². The van der Waals surface area contributed by atoms with Gasteiger partial charge in [-0.1, -0.05) is 24.3 Å². The molecule has 7 rings (SSSR count). The maximum absolute atomic E-state index is 14.2. The minimum atomic E-state index is -4.24.